The average molecular weight is 323 g/mol. The van der Waals surface area contributed by atoms with Crippen molar-refractivity contribution in [1.82, 2.24) is 15.1 Å². The Morgan fingerprint density at radius 1 is 1.04 bits per heavy atom. The van der Waals surface area contributed by atoms with Gasteiger partial charge in [0.15, 0.2) is 0 Å². The number of rotatable bonds is 3. The Morgan fingerprint density at radius 3 is 2.54 bits per heavy atom. The monoisotopic (exact) mass is 323 g/mol. The Morgan fingerprint density at radius 2 is 1.79 bits per heavy atom. The summed E-state index contributed by atoms with van der Waals surface area (Å²) < 4.78 is 0. The predicted molar refractivity (Wildman–Crippen MR) is 97.1 cm³/mol. The topological polar surface area (TPSA) is 35.6 Å². The molecule has 4 rings (SSSR count). The number of hydrogen-bond donors (Lipinski definition) is 1. The fourth-order valence-corrected chi connectivity index (χ4v) is 4.23. The number of amides is 2. The Bertz CT molecular complexity index is 731. The molecule has 0 aliphatic carbocycles. The molecule has 2 heterocycles. The lowest BCUT2D eigenvalue weighted by atomic mass is 9.96. The van der Waals surface area contributed by atoms with E-state index in [0.29, 0.717) is 12.1 Å². The molecule has 0 spiro atoms. The molecule has 126 valence electrons. The standard InChI is InChI=1S/C20H25N3O/c1-15(18-8-4-6-16-5-2-3-7-19(16)18)22-12-9-17(10-13-22)23-14-11-21-20(23)24/h2-8,15,17H,9-14H2,1H3,(H,21,24). The van der Waals surface area contributed by atoms with Gasteiger partial charge in [-0.1, -0.05) is 42.5 Å². The van der Waals surface area contributed by atoms with Crippen molar-refractivity contribution in [3.8, 4) is 0 Å². The number of carbonyl (C=O) groups excluding carboxylic acids is 1. The summed E-state index contributed by atoms with van der Waals surface area (Å²) in [5, 5.41) is 5.59. The smallest absolute Gasteiger partial charge is 0.317 e. The maximum atomic E-state index is 11.9. The predicted octanol–water partition coefficient (Wildman–Crippen LogP) is 3.39. The summed E-state index contributed by atoms with van der Waals surface area (Å²) in [5.41, 5.74) is 1.41. The number of urea groups is 1. The lowest BCUT2D eigenvalue weighted by Crippen LogP contribution is -2.46. The summed E-state index contributed by atoms with van der Waals surface area (Å²) in [7, 11) is 0. The lowest BCUT2D eigenvalue weighted by Gasteiger charge is -2.39. The van der Waals surface area contributed by atoms with Gasteiger partial charge in [-0.3, -0.25) is 4.90 Å². The molecule has 4 heteroatoms. The Kier molecular flexibility index (Phi) is 4.15. The van der Waals surface area contributed by atoms with Gasteiger partial charge < -0.3 is 10.2 Å². The lowest BCUT2D eigenvalue weighted by molar-refractivity contribution is 0.112. The van der Waals surface area contributed by atoms with Crippen LogP contribution in [0.25, 0.3) is 10.8 Å². The molecule has 1 N–H and O–H groups in total. The zero-order valence-electron chi connectivity index (χ0n) is 14.2. The van der Waals surface area contributed by atoms with Crippen molar-refractivity contribution in [2.45, 2.75) is 31.8 Å². The number of benzene rings is 2. The van der Waals surface area contributed by atoms with Gasteiger partial charge in [0, 0.05) is 38.3 Å². The fourth-order valence-electron chi connectivity index (χ4n) is 4.23. The van der Waals surface area contributed by atoms with Crippen molar-refractivity contribution in [2.75, 3.05) is 26.2 Å². The van der Waals surface area contributed by atoms with E-state index in [1.165, 1.54) is 16.3 Å². The van der Waals surface area contributed by atoms with Crippen LogP contribution in [-0.4, -0.2) is 48.1 Å². The van der Waals surface area contributed by atoms with Crippen LogP contribution in [-0.2, 0) is 0 Å². The molecule has 0 aromatic heterocycles. The van der Waals surface area contributed by atoms with Gasteiger partial charge in [-0.2, -0.15) is 0 Å². The minimum Gasteiger partial charge on any atom is -0.336 e. The molecule has 2 aliphatic rings. The summed E-state index contributed by atoms with van der Waals surface area (Å²) in [5.74, 6) is 0. The number of likely N-dealkylation sites (tertiary alicyclic amines) is 1. The van der Waals surface area contributed by atoms with Crippen LogP contribution in [0.1, 0.15) is 31.4 Å². The van der Waals surface area contributed by atoms with Crippen molar-refractivity contribution in [3.05, 3.63) is 48.0 Å². The summed E-state index contributed by atoms with van der Waals surface area (Å²) >= 11 is 0. The molecular formula is C20H25N3O. The molecule has 2 aromatic carbocycles. The zero-order chi connectivity index (χ0) is 16.5. The second-order valence-corrected chi connectivity index (χ2v) is 6.94. The largest absolute Gasteiger partial charge is 0.336 e. The Hall–Kier alpha value is -2.07. The van der Waals surface area contributed by atoms with Crippen LogP contribution in [0, 0.1) is 0 Å². The molecule has 4 nitrogen and oxygen atoms in total. The quantitative estimate of drug-likeness (QED) is 0.940. The van der Waals surface area contributed by atoms with Crippen molar-refractivity contribution in [1.29, 1.82) is 0 Å². The van der Waals surface area contributed by atoms with Crippen LogP contribution < -0.4 is 5.32 Å². The average Bonchev–Trinajstić information content (AvgIpc) is 3.07. The summed E-state index contributed by atoms with van der Waals surface area (Å²) in [6, 6.07) is 16.2. The highest BCUT2D eigenvalue weighted by atomic mass is 16.2. The van der Waals surface area contributed by atoms with E-state index in [1.54, 1.807) is 0 Å². The minimum absolute atomic E-state index is 0.121. The molecule has 2 fully saturated rings. The summed E-state index contributed by atoms with van der Waals surface area (Å²) in [6.45, 7) is 6.08. The van der Waals surface area contributed by atoms with Gasteiger partial charge in [-0.25, -0.2) is 4.79 Å². The number of nitrogens with zero attached hydrogens (tertiary/aromatic N) is 2. The highest BCUT2D eigenvalue weighted by Gasteiger charge is 2.32. The first-order valence-corrected chi connectivity index (χ1v) is 9.00. The number of nitrogens with one attached hydrogen (secondary N) is 1. The Balaban J connectivity index is 1.48. The minimum atomic E-state index is 0.121. The van der Waals surface area contributed by atoms with Crippen LogP contribution in [0.3, 0.4) is 0 Å². The molecule has 0 radical (unpaired) electrons. The molecular weight excluding hydrogens is 298 g/mol. The number of carbonyl (C=O) groups is 1. The second-order valence-electron chi connectivity index (χ2n) is 6.94. The normalized spacial score (nSPS) is 21.2. The van der Waals surface area contributed by atoms with Crippen LogP contribution in [0.2, 0.25) is 0 Å². The van der Waals surface area contributed by atoms with E-state index < -0.39 is 0 Å². The first-order valence-electron chi connectivity index (χ1n) is 9.00. The molecule has 1 atom stereocenters. The maximum Gasteiger partial charge on any atom is 0.317 e. The van der Waals surface area contributed by atoms with Crippen molar-refractivity contribution in [3.63, 3.8) is 0 Å². The van der Waals surface area contributed by atoms with E-state index in [9.17, 15) is 4.79 Å². The van der Waals surface area contributed by atoms with Gasteiger partial charge in [0.2, 0.25) is 0 Å². The van der Waals surface area contributed by atoms with Gasteiger partial charge in [0.05, 0.1) is 0 Å². The van der Waals surface area contributed by atoms with Gasteiger partial charge in [0.1, 0.15) is 0 Å². The van der Waals surface area contributed by atoms with Gasteiger partial charge in [0.25, 0.3) is 0 Å². The first-order chi connectivity index (χ1) is 11.7. The van der Waals surface area contributed by atoms with E-state index in [1.807, 2.05) is 4.90 Å². The SMILES string of the molecule is CC(c1cccc2ccccc12)N1CCC(N2CCNC2=O)CC1. The second kappa shape index (κ2) is 6.44. The molecule has 2 aromatic rings. The van der Waals surface area contributed by atoms with Crippen molar-refractivity contribution < 1.29 is 4.79 Å². The van der Waals surface area contributed by atoms with Crippen LogP contribution in [0.4, 0.5) is 4.79 Å². The van der Waals surface area contributed by atoms with Crippen LogP contribution in [0.5, 0.6) is 0 Å². The van der Waals surface area contributed by atoms with Crippen molar-refractivity contribution in [2.24, 2.45) is 0 Å². The van der Waals surface area contributed by atoms with Crippen LogP contribution >= 0.6 is 0 Å². The van der Waals surface area contributed by atoms with E-state index >= 15 is 0 Å². The third-order valence-electron chi connectivity index (χ3n) is 5.65. The fraction of sp³-hybridized carbons (Fsp3) is 0.450. The highest BCUT2D eigenvalue weighted by Crippen LogP contribution is 2.31. The van der Waals surface area contributed by atoms with Gasteiger partial charge in [-0.05, 0) is 36.1 Å². The van der Waals surface area contributed by atoms with E-state index in [4.69, 9.17) is 0 Å². The molecule has 0 saturated carbocycles. The van der Waals surface area contributed by atoms with E-state index in [0.717, 1.165) is 39.0 Å². The molecule has 2 amide bonds. The van der Waals surface area contributed by atoms with E-state index in [2.05, 4.69) is 59.6 Å². The van der Waals surface area contributed by atoms with E-state index in [-0.39, 0.29) is 6.03 Å². The molecule has 24 heavy (non-hydrogen) atoms. The van der Waals surface area contributed by atoms with Gasteiger partial charge in [-0.15, -0.1) is 0 Å². The van der Waals surface area contributed by atoms with Crippen LogP contribution in [0.15, 0.2) is 42.5 Å². The Labute approximate surface area is 143 Å². The third-order valence-corrected chi connectivity index (χ3v) is 5.65. The third kappa shape index (κ3) is 2.75. The number of fused-ring (bicyclic) bond motifs is 1. The molecule has 1 unspecified atom stereocenters. The summed E-state index contributed by atoms with van der Waals surface area (Å²) in [4.78, 5) is 16.4. The summed E-state index contributed by atoms with van der Waals surface area (Å²) in [6.07, 6.45) is 2.14. The number of piperidine rings is 1. The molecule has 2 saturated heterocycles. The highest BCUT2D eigenvalue weighted by molar-refractivity contribution is 5.86. The van der Waals surface area contributed by atoms with Crippen molar-refractivity contribution >= 4 is 16.8 Å². The maximum absolute atomic E-state index is 11.9. The number of hydrogen-bond acceptors (Lipinski definition) is 2. The molecule has 0 bridgehead atoms. The first kappa shape index (κ1) is 15.5. The molecule has 2 aliphatic heterocycles. The van der Waals surface area contributed by atoms with Gasteiger partial charge >= 0.3 is 6.03 Å². The zero-order valence-corrected chi connectivity index (χ0v) is 14.2.